The Morgan fingerprint density at radius 3 is 2.55 bits per heavy atom. The Kier molecular flexibility index (Phi) is 7.64. The van der Waals surface area contributed by atoms with Crippen LogP contribution < -0.4 is 10.0 Å². The molecular weight excluding hydrogens is 339 g/mol. The molecule has 0 aliphatic carbocycles. The first kappa shape index (κ1) is 18.1. The van der Waals surface area contributed by atoms with Crippen LogP contribution in [0.2, 0.25) is 10.0 Å². The second-order valence-corrected chi connectivity index (χ2v) is 7.68. The van der Waals surface area contributed by atoms with Crippen LogP contribution in [-0.2, 0) is 16.6 Å². The number of thioether (sulfide) groups is 1. The van der Waals surface area contributed by atoms with E-state index in [1.807, 2.05) is 6.26 Å². The molecule has 8 heteroatoms. The van der Waals surface area contributed by atoms with Crippen molar-refractivity contribution in [3.05, 3.63) is 27.7 Å². The van der Waals surface area contributed by atoms with Gasteiger partial charge in [-0.2, -0.15) is 11.8 Å². The summed E-state index contributed by atoms with van der Waals surface area (Å²) >= 11 is 13.7. The molecule has 0 amide bonds. The van der Waals surface area contributed by atoms with Gasteiger partial charge < -0.3 is 5.32 Å². The summed E-state index contributed by atoms with van der Waals surface area (Å²) in [4.78, 5) is 0.0676. The number of rotatable bonds is 8. The summed E-state index contributed by atoms with van der Waals surface area (Å²) < 4.78 is 27.0. The molecule has 1 aromatic carbocycles. The second-order valence-electron chi connectivity index (χ2n) is 4.15. The minimum atomic E-state index is -3.61. The second kappa shape index (κ2) is 8.46. The van der Waals surface area contributed by atoms with Gasteiger partial charge in [-0.15, -0.1) is 0 Å². The third-order valence-electron chi connectivity index (χ3n) is 2.57. The van der Waals surface area contributed by atoms with Crippen molar-refractivity contribution in [3.8, 4) is 0 Å². The van der Waals surface area contributed by atoms with Gasteiger partial charge in [0.1, 0.15) is 4.90 Å². The molecule has 20 heavy (non-hydrogen) atoms. The normalized spacial score (nSPS) is 11.8. The summed E-state index contributed by atoms with van der Waals surface area (Å²) in [5, 5.41) is 3.52. The fraction of sp³-hybridized carbons (Fsp3) is 0.500. The molecule has 0 aromatic heterocycles. The van der Waals surface area contributed by atoms with Crippen LogP contribution in [0.25, 0.3) is 0 Å². The highest BCUT2D eigenvalue weighted by atomic mass is 35.5. The maximum absolute atomic E-state index is 12.2. The molecule has 1 rings (SSSR count). The molecule has 0 saturated carbocycles. The molecule has 0 heterocycles. The Hall–Kier alpha value is 0.0200. The Labute approximate surface area is 134 Å². The van der Waals surface area contributed by atoms with Gasteiger partial charge >= 0.3 is 0 Å². The summed E-state index contributed by atoms with van der Waals surface area (Å²) in [5.41, 5.74) is 0.697. The maximum atomic E-state index is 12.2. The molecular formula is C12H18Cl2N2O2S2. The van der Waals surface area contributed by atoms with Crippen molar-refractivity contribution in [3.63, 3.8) is 0 Å². The molecule has 0 aliphatic rings. The van der Waals surface area contributed by atoms with Crippen LogP contribution in [0, 0.1) is 0 Å². The maximum Gasteiger partial charge on any atom is 0.242 e. The van der Waals surface area contributed by atoms with Gasteiger partial charge in [0.05, 0.1) is 5.02 Å². The van der Waals surface area contributed by atoms with E-state index in [0.29, 0.717) is 23.7 Å². The van der Waals surface area contributed by atoms with Crippen LogP contribution in [0.3, 0.4) is 0 Å². The zero-order valence-electron chi connectivity index (χ0n) is 11.4. The molecule has 0 saturated heterocycles. The lowest BCUT2D eigenvalue weighted by Gasteiger charge is -2.11. The van der Waals surface area contributed by atoms with Crippen LogP contribution in [0.1, 0.15) is 12.0 Å². The van der Waals surface area contributed by atoms with Crippen molar-refractivity contribution in [2.45, 2.75) is 17.9 Å². The smallest absolute Gasteiger partial charge is 0.242 e. The summed E-state index contributed by atoms with van der Waals surface area (Å²) in [6.45, 7) is 0.870. The highest BCUT2D eigenvalue weighted by molar-refractivity contribution is 7.98. The molecule has 0 radical (unpaired) electrons. The minimum Gasteiger partial charge on any atom is -0.316 e. The Bertz CT molecular complexity index is 551. The average molecular weight is 357 g/mol. The highest BCUT2D eigenvalue weighted by Gasteiger charge is 2.19. The third kappa shape index (κ3) is 5.09. The van der Waals surface area contributed by atoms with E-state index in [9.17, 15) is 8.42 Å². The monoisotopic (exact) mass is 356 g/mol. The van der Waals surface area contributed by atoms with Crippen molar-refractivity contribution >= 4 is 45.0 Å². The zero-order chi connectivity index (χ0) is 15.2. The predicted molar refractivity (Wildman–Crippen MR) is 87.4 cm³/mol. The van der Waals surface area contributed by atoms with Gasteiger partial charge in [0.25, 0.3) is 0 Å². The van der Waals surface area contributed by atoms with Crippen molar-refractivity contribution < 1.29 is 8.42 Å². The zero-order valence-corrected chi connectivity index (χ0v) is 14.5. The molecule has 0 bridgehead atoms. The third-order valence-corrected chi connectivity index (χ3v) is 5.55. The van der Waals surface area contributed by atoms with Gasteiger partial charge in [-0.3, -0.25) is 0 Å². The molecule has 1 aromatic rings. The fourth-order valence-electron chi connectivity index (χ4n) is 1.60. The van der Waals surface area contributed by atoms with Gasteiger partial charge in [-0.25, -0.2) is 13.1 Å². The van der Waals surface area contributed by atoms with E-state index in [1.54, 1.807) is 18.8 Å². The SMILES string of the molecule is CNCc1cc(S(=O)(=O)NCCCSC)c(Cl)cc1Cl. The number of sulfonamides is 1. The van der Waals surface area contributed by atoms with E-state index in [1.165, 1.54) is 12.1 Å². The topological polar surface area (TPSA) is 58.2 Å². The van der Waals surface area contributed by atoms with Gasteiger partial charge in [0.15, 0.2) is 0 Å². The molecule has 0 fully saturated rings. The van der Waals surface area contributed by atoms with E-state index in [0.717, 1.165) is 12.2 Å². The molecule has 0 unspecified atom stereocenters. The van der Waals surface area contributed by atoms with E-state index >= 15 is 0 Å². The quantitative estimate of drug-likeness (QED) is 0.703. The average Bonchev–Trinajstić information content (AvgIpc) is 2.38. The predicted octanol–water partition coefficient (Wildman–Crippen LogP) is 2.74. The van der Waals surface area contributed by atoms with Crippen molar-refractivity contribution in [1.82, 2.24) is 10.0 Å². The van der Waals surface area contributed by atoms with Crippen LogP contribution in [0.5, 0.6) is 0 Å². The summed E-state index contributed by atoms with van der Waals surface area (Å²) in [7, 11) is -1.84. The van der Waals surface area contributed by atoms with Crippen molar-refractivity contribution in [2.24, 2.45) is 0 Å². The molecule has 0 atom stereocenters. The van der Waals surface area contributed by atoms with Crippen molar-refractivity contribution in [1.29, 1.82) is 0 Å². The standard InChI is InChI=1S/C12H18Cl2N2O2S2/c1-15-8-9-6-12(11(14)7-10(9)13)20(17,18)16-4-3-5-19-2/h6-7,15-16H,3-5,8H2,1-2H3. The minimum absolute atomic E-state index is 0.0676. The first-order valence-corrected chi connectivity index (χ1v) is 9.66. The lowest BCUT2D eigenvalue weighted by Crippen LogP contribution is -2.25. The van der Waals surface area contributed by atoms with Crippen LogP contribution in [0.4, 0.5) is 0 Å². The molecule has 114 valence electrons. The van der Waals surface area contributed by atoms with Crippen molar-refractivity contribution in [2.75, 3.05) is 25.6 Å². The van der Waals surface area contributed by atoms with Crippen LogP contribution >= 0.6 is 35.0 Å². The number of hydrogen-bond acceptors (Lipinski definition) is 4. The number of hydrogen-bond donors (Lipinski definition) is 2. The summed E-state index contributed by atoms with van der Waals surface area (Å²) in [5.74, 6) is 0.905. The molecule has 4 nitrogen and oxygen atoms in total. The molecule has 0 spiro atoms. The Morgan fingerprint density at radius 1 is 1.25 bits per heavy atom. The number of halogens is 2. The number of benzene rings is 1. The van der Waals surface area contributed by atoms with Crippen LogP contribution in [-0.4, -0.2) is 34.0 Å². The van der Waals surface area contributed by atoms with E-state index < -0.39 is 10.0 Å². The Morgan fingerprint density at radius 2 is 1.95 bits per heavy atom. The summed E-state index contributed by atoms with van der Waals surface area (Å²) in [6, 6.07) is 2.98. The summed E-state index contributed by atoms with van der Waals surface area (Å²) in [6.07, 6.45) is 2.75. The van der Waals surface area contributed by atoms with E-state index in [2.05, 4.69) is 10.0 Å². The fourth-order valence-corrected chi connectivity index (χ4v) is 3.97. The highest BCUT2D eigenvalue weighted by Crippen LogP contribution is 2.28. The lowest BCUT2D eigenvalue weighted by atomic mass is 10.2. The molecule has 2 N–H and O–H groups in total. The molecule has 0 aliphatic heterocycles. The Balaban J connectivity index is 2.96. The first-order chi connectivity index (χ1) is 9.42. The van der Waals surface area contributed by atoms with Gasteiger partial charge in [0, 0.05) is 18.1 Å². The van der Waals surface area contributed by atoms with E-state index in [4.69, 9.17) is 23.2 Å². The van der Waals surface area contributed by atoms with Gasteiger partial charge in [-0.1, -0.05) is 23.2 Å². The number of nitrogens with one attached hydrogen (secondary N) is 2. The van der Waals surface area contributed by atoms with Gasteiger partial charge in [0.2, 0.25) is 10.0 Å². The van der Waals surface area contributed by atoms with Crippen LogP contribution in [0.15, 0.2) is 17.0 Å². The largest absolute Gasteiger partial charge is 0.316 e. The first-order valence-electron chi connectivity index (χ1n) is 6.03. The van der Waals surface area contributed by atoms with Gasteiger partial charge in [-0.05, 0) is 43.2 Å². The lowest BCUT2D eigenvalue weighted by molar-refractivity contribution is 0.581. The van der Waals surface area contributed by atoms with E-state index in [-0.39, 0.29) is 9.92 Å².